The van der Waals surface area contributed by atoms with E-state index < -0.39 is 11.7 Å². The molecule has 0 aromatic heterocycles. The van der Waals surface area contributed by atoms with E-state index in [1.807, 2.05) is 25.3 Å². The number of fused-ring (bicyclic) bond motifs is 7. The van der Waals surface area contributed by atoms with Crippen molar-refractivity contribution in [3.63, 3.8) is 0 Å². The number of aliphatic hydroxyl groups excluding tert-OH is 1. The summed E-state index contributed by atoms with van der Waals surface area (Å²) in [5.74, 6) is 1.80. The highest BCUT2D eigenvalue weighted by atomic mass is 35.5. The normalized spacial score (nSPS) is 39.1. The van der Waals surface area contributed by atoms with Gasteiger partial charge in [0.2, 0.25) is 5.91 Å². The molecular formula is C46H71ClN2O5. The van der Waals surface area contributed by atoms with Crippen LogP contribution in [0.25, 0.3) is 0 Å². The number of aliphatic hydroxyl groups is 2. The summed E-state index contributed by atoms with van der Waals surface area (Å²) in [6, 6.07) is -0.0241. The van der Waals surface area contributed by atoms with E-state index in [4.69, 9.17) is 21.3 Å². The number of hydrogen-bond donors (Lipinski definition) is 3. The molecule has 0 radical (unpaired) electrons. The number of ether oxygens (including phenoxy) is 1. The van der Waals surface area contributed by atoms with Crippen LogP contribution in [0.15, 0.2) is 39.4 Å². The van der Waals surface area contributed by atoms with Crippen molar-refractivity contribution in [2.45, 2.75) is 171 Å². The fraction of sp³-hybridized carbons (Fsp3) is 0.804. The lowest BCUT2D eigenvalue weighted by Gasteiger charge is -2.72. The van der Waals surface area contributed by atoms with Crippen LogP contribution in [-0.4, -0.2) is 53.3 Å². The third-order valence-corrected chi connectivity index (χ3v) is 17.2. The second-order valence-corrected chi connectivity index (χ2v) is 21.3. The minimum absolute atomic E-state index is 0.0142. The van der Waals surface area contributed by atoms with Gasteiger partial charge in [-0.15, -0.1) is 0 Å². The first-order chi connectivity index (χ1) is 25.1. The van der Waals surface area contributed by atoms with Crippen molar-refractivity contribution in [1.29, 1.82) is 0 Å². The van der Waals surface area contributed by atoms with Crippen molar-refractivity contribution >= 4 is 29.2 Å². The monoisotopic (exact) mass is 767 g/mol. The SMILES string of the molecule is CN=C(CC(=O)NC1C=CC(Cl)=CC1)CC12CCC(C(C)C)=C1C1CCC3C4(C)CCC(OC(=O)CC(C)(C)C(O)O)C(C)(C)C4CCC3(C)C1(C)CC2. The first-order valence-electron chi connectivity index (χ1n) is 21.2. The molecule has 0 aliphatic heterocycles. The van der Waals surface area contributed by atoms with Crippen molar-refractivity contribution in [3.8, 4) is 0 Å². The number of rotatable bonds is 10. The van der Waals surface area contributed by atoms with Crippen LogP contribution in [0.5, 0.6) is 0 Å². The Morgan fingerprint density at radius 3 is 2.33 bits per heavy atom. The molecule has 0 heterocycles. The number of hydrogen-bond acceptors (Lipinski definition) is 6. The average Bonchev–Trinajstić information content (AvgIpc) is 3.46. The fourth-order valence-electron chi connectivity index (χ4n) is 13.7. The van der Waals surface area contributed by atoms with Crippen molar-refractivity contribution < 1.29 is 24.5 Å². The van der Waals surface area contributed by atoms with Crippen molar-refractivity contribution in [2.75, 3.05) is 7.05 Å². The number of nitrogens with zero attached hydrogens (tertiary/aromatic N) is 1. The van der Waals surface area contributed by atoms with Gasteiger partial charge < -0.3 is 20.3 Å². The lowest BCUT2D eigenvalue weighted by molar-refractivity contribution is -0.234. The Hall–Kier alpha value is -1.96. The van der Waals surface area contributed by atoms with Gasteiger partial charge in [0.1, 0.15) is 6.10 Å². The molecule has 4 saturated carbocycles. The molecule has 302 valence electrons. The van der Waals surface area contributed by atoms with E-state index in [9.17, 15) is 19.8 Å². The van der Waals surface area contributed by atoms with E-state index in [1.54, 1.807) is 25.0 Å². The molecule has 3 N–H and O–H groups in total. The second kappa shape index (κ2) is 14.8. The van der Waals surface area contributed by atoms with Gasteiger partial charge in [-0.3, -0.25) is 14.6 Å². The third-order valence-electron chi connectivity index (χ3n) is 17.0. The maximum Gasteiger partial charge on any atom is 0.306 e. The van der Waals surface area contributed by atoms with E-state index in [-0.39, 0.29) is 57.5 Å². The van der Waals surface area contributed by atoms with Gasteiger partial charge in [-0.05, 0) is 128 Å². The van der Waals surface area contributed by atoms with Gasteiger partial charge >= 0.3 is 5.97 Å². The van der Waals surface area contributed by atoms with Gasteiger partial charge in [-0.1, -0.05) is 97.2 Å². The summed E-state index contributed by atoms with van der Waals surface area (Å²) < 4.78 is 6.24. The Balaban J connectivity index is 1.22. The van der Waals surface area contributed by atoms with Crippen LogP contribution >= 0.6 is 11.6 Å². The number of esters is 1. The molecule has 6 aliphatic rings. The van der Waals surface area contributed by atoms with E-state index in [1.165, 1.54) is 32.1 Å². The van der Waals surface area contributed by atoms with Gasteiger partial charge in [0, 0.05) is 28.6 Å². The Morgan fingerprint density at radius 2 is 1.70 bits per heavy atom. The van der Waals surface area contributed by atoms with Crippen LogP contribution in [0.1, 0.15) is 152 Å². The summed E-state index contributed by atoms with van der Waals surface area (Å²) >= 11 is 6.13. The summed E-state index contributed by atoms with van der Waals surface area (Å²) in [6.45, 7) is 20.7. The van der Waals surface area contributed by atoms with E-state index >= 15 is 0 Å². The number of carbonyl (C=O) groups is 2. The highest BCUT2D eigenvalue weighted by Gasteiger charge is 2.69. The summed E-state index contributed by atoms with van der Waals surface area (Å²) in [4.78, 5) is 31.3. The zero-order valence-corrected chi connectivity index (χ0v) is 35.9. The molecule has 9 atom stereocenters. The predicted molar refractivity (Wildman–Crippen MR) is 218 cm³/mol. The molecule has 6 aliphatic carbocycles. The van der Waals surface area contributed by atoms with E-state index in [0.717, 1.165) is 55.7 Å². The van der Waals surface area contributed by atoms with Gasteiger partial charge in [0.05, 0.1) is 18.9 Å². The maximum absolute atomic E-state index is 13.4. The van der Waals surface area contributed by atoms with Crippen molar-refractivity contribution in [2.24, 2.45) is 61.2 Å². The van der Waals surface area contributed by atoms with Crippen LogP contribution in [0.3, 0.4) is 0 Å². The molecule has 4 fully saturated rings. The Kier molecular flexibility index (Phi) is 11.4. The molecule has 0 aromatic rings. The van der Waals surface area contributed by atoms with Gasteiger partial charge in [-0.2, -0.15) is 0 Å². The average molecular weight is 768 g/mol. The Labute approximate surface area is 331 Å². The van der Waals surface area contributed by atoms with Gasteiger partial charge in [-0.25, -0.2) is 0 Å². The summed E-state index contributed by atoms with van der Waals surface area (Å²) in [6.07, 6.45) is 17.3. The third kappa shape index (κ3) is 7.01. The molecule has 0 spiro atoms. The zero-order valence-electron chi connectivity index (χ0n) is 35.1. The van der Waals surface area contributed by atoms with Crippen LogP contribution < -0.4 is 5.32 Å². The largest absolute Gasteiger partial charge is 0.462 e. The number of aliphatic imine (C=N–C) groups is 1. The van der Waals surface area contributed by atoms with Gasteiger partial charge in [0.25, 0.3) is 0 Å². The van der Waals surface area contributed by atoms with Crippen molar-refractivity contribution in [1.82, 2.24) is 5.32 Å². The van der Waals surface area contributed by atoms with Crippen LogP contribution in [-0.2, 0) is 14.3 Å². The predicted octanol–water partition coefficient (Wildman–Crippen LogP) is 9.85. The fourth-order valence-corrected chi connectivity index (χ4v) is 13.8. The topological polar surface area (TPSA) is 108 Å². The number of halogens is 1. The molecule has 9 unspecified atom stereocenters. The molecule has 7 nitrogen and oxygen atoms in total. The van der Waals surface area contributed by atoms with Crippen LogP contribution in [0.4, 0.5) is 0 Å². The number of allylic oxidation sites excluding steroid dienone is 4. The summed E-state index contributed by atoms with van der Waals surface area (Å²) in [7, 11) is 1.87. The smallest absolute Gasteiger partial charge is 0.306 e. The standard InChI is InChI=1S/C46H71ClN2O5/c1-28(2)32-17-22-46(26-31(48-10)25-37(50)49-30-13-11-29(47)12-14-30)24-23-44(8)33(39(32)46)15-16-35-43(7)20-19-36(54-38(51)27-41(3,4)40(52)53)42(5,6)34(43)18-21-45(35,44)9/h11-13,28,30,33-36,40,52-53H,14-27H2,1-10H3,(H,49,50). The minimum atomic E-state index is -1.57. The molecule has 1 amide bonds. The molecular weight excluding hydrogens is 696 g/mol. The van der Waals surface area contributed by atoms with E-state index in [0.29, 0.717) is 30.1 Å². The maximum atomic E-state index is 13.4. The number of nitrogens with one attached hydrogen (secondary N) is 1. The number of amides is 1. The Bertz CT molecular complexity index is 1610. The molecule has 0 bridgehead atoms. The van der Waals surface area contributed by atoms with Crippen LogP contribution in [0, 0.1) is 56.2 Å². The van der Waals surface area contributed by atoms with E-state index in [2.05, 4.69) is 53.8 Å². The minimum Gasteiger partial charge on any atom is -0.462 e. The highest BCUT2D eigenvalue weighted by Crippen LogP contribution is 2.77. The van der Waals surface area contributed by atoms with Crippen LogP contribution in [0.2, 0.25) is 0 Å². The molecule has 54 heavy (non-hydrogen) atoms. The number of carbonyl (C=O) groups excluding carboxylic acids is 2. The summed E-state index contributed by atoms with van der Waals surface area (Å²) in [5, 5.41) is 23.6. The first kappa shape index (κ1) is 41.7. The zero-order chi connectivity index (χ0) is 39.6. The molecule has 8 heteroatoms. The van der Waals surface area contributed by atoms with Gasteiger partial charge in [0.15, 0.2) is 6.29 Å². The quantitative estimate of drug-likeness (QED) is 0.0888. The summed E-state index contributed by atoms with van der Waals surface area (Å²) in [5.41, 5.74) is 3.93. The molecule has 0 aromatic carbocycles. The van der Waals surface area contributed by atoms with Crippen molar-refractivity contribution in [3.05, 3.63) is 34.4 Å². The molecule has 0 saturated heterocycles. The highest BCUT2D eigenvalue weighted by molar-refractivity contribution is 6.31. The lowest BCUT2D eigenvalue weighted by Crippen LogP contribution is -2.65. The second-order valence-electron chi connectivity index (χ2n) is 20.9. The lowest BCUT2D eigenvalue weighted by atomic mass is 9.33. The first-order valence-corrected chi connectivity index (χ1v) is 21.6. The molecule has 6 rings (SSSR count). The Morgan fingerprint density at radius 1 is 0.981 bits per heavy atom.